The SMILES string of the molecule is O=C1C(=O)N(CCO)[C@@H](c2ccc([N+](=O)[O-])cc2)/C1=C(\O)c1ccc(Br)cc1. The Morgan fingerprint density at radius 1 is 1.11 bits per heavy atom. The molecular formula is C19H15BrN2O6. The zero-order valence-electron chi connectivity index (χ0n) is 14.4. The third-order valence-electron chi connectivity index (χ3n) is 4.42. The van der Waals surface area contributed by atoms with Gasteiger partial charge in [-0.25, -0.2) is 0 Å². The van der Waals surface area contributed by atoms with Crippen molar-refractivity contribution in [3.8, 4) is 0 Å². The lowest BCUT2D eigenvalue weighted by Gasteiger charge is -2.24. The molecule has 3 rings (SSSR count). The van der Waals surface area contributed by atoms with Gasteiger partial charge >= 0.3 is 0 Å². The maximum atomic E-state index is 12.6. The van der Waals surface area contributed by atoms with Crippen LogP contribution in [-0.2, 0) is 9.59 Å². The van der Waals surface area contributed by atoms with Crippen molar-refractivity contribution in [2.45, 2.75) is 6.04 Å². The van der Waals surface area contributed by atoms with E-state index >= 15 is 0 Å². The van der Waals surface area contributed by atoms with E-state index in [1.807, 2.05) is 0 Å². The summed E-state index contributed by atoms with van der Waals surface area (Å²) in [4.78, 5) is 36.6. The smallest absolute Gasteiger partial charge is 0.295 e. The largest absolute Gasteiger partial charge is 0.507 e. The van der Waals surface area contributed by atoms with Crippen LogP contribution in [0.4, 0.5) is 5.69 Å². The molecule has 9 heteroatoms. The summed E-state index contributed by atoms with van der Waals surface area (Å²) in [6, 6.07) is 10.9. The van der Waals surface area contributed by atoms with Crippen LogP contribution in [0.1, 0.15) is 17.2 Å². The van der Waals surface area contributed by atoms with E-state index in [1.54, 1.807) is 24.3 Å². The highest BCUT2D eigenvalue weighted by Gasteiger charge is 2.45. The van der Waals surface area contributed by atoms with Gasteiger partial charge in [0.1, 0.15) is 5.76 Å². The summed E-state index contributed by atoms with van der Waals surface area (Å²) in [7, 11) is 0. The number of ketones is 1. The third kappa shape index (κ3) is 3.54. The van der Waals surface area contributed by atoms with Gasteiger partial charge in [-0.1, -0.05) is 28.1 Å². The number of hydrogen-bond donors (Lipinski definition) is 2. The Bertz CT molecular complexity index is 969. The van der Waals surface area contributed by atoms with Crippen molar-refractivity contribution in [3.05, 3.63) is 79.8 Å². The molecule has 1 aliphatic rings. The lowest BCUT2D eigenvalue weighted by Crippen LogP contribution is -2.32. The Morgan fingerprint density at radius 2 is 1.71 bits per heavy atom. The van der Waals surface area contributed by atoms with Crippen molar-refractivity contribution in [1.82, 2.24) is 4.90 Å². The molecule has 8 nitrogen and oxygen atoms in total. The number of hydrogen-bond acceptors (Lipinski definition) is 6. The number of non-ortho nitro benzene ring substituents is 1. The van der Waals surface area contributed by atoms with Gasteiger partial charge in [-0.3, -0.25) is 19.7 Å². The number of likely N-dealkylation sites (tertiary alicyclic amines) is 1. The Balaban J connectivity index is 2.15. The number of benzene rings is 2. The molecule has 0 unspecified atom stereocenters. The molecule has 1 saturated heterocycles. The van der Waals surface area contributed by atoms with Crippen molar-refractivity contribution in [3.63, 3.8) is 0 Å². The van der Waals surface area contributed by atoms with E-state index in [4.69, 9.17) is 0 Å². The van der Waals surface area contributed by atoms with Gasteiger partial charge in [0.2, 0.25) is 0 Å². The van der Waals surface area contributed by atoms with Gasteiger partial charge in [-0.05, 0) is 29.8 Å². The molecule has 0 aromatic heterocycles. The van der Waals surface area contributed by atoms with Crippen LogP contribution in [0.2, 0.25) is 0 Å². The molecule has 28 heavy (non-hydrogen) atoms. The minimum absolute atomic E-state index is 0.122. The number of aliphatic hydroxyl groups is 2. The highest BCUT2D eigenvalue weighted by Crippen LogP contribution is 2.39. The van der Waals surface area contributed by atoms with Gasteiger partial charge in [0.05, 0.1) is 23.1 Å². The molecule has 0 aliphatic carbocycles. The Morgan fingerprint density at radius 3 is 2.25 bits per heavy atom. The highest BCUT2D eigenvalue weighted by atomic mass is 79.9. The lowest BCUT2D eigenvalue weighted by atomic mass is 9.95. The van der Waals surface area contributed by atoms with Crippen molar-refractivity contribution < 1.29 is 24.7 Å². The number of aliphatic hydroxyl groups excluding tert-OH is 2. The predicted octanol–water partition coefficient (Wildman–Crippen LogP) is 2.77. The Labute approximate surface area is 168 Å². The highest BCUT2D eigenvalue weighted by molar-refractivity contribution is 9.10. The first-order valence-corrected chi connectivity index (χ1v) is 9.04. The van der Waals surface area contributed by atoms with Crippen molar-refractivity contribution in [1.29, 1.82) is 0 Å². The van der Waals surface area contributed by atoms with Crippen LogP contribution in [0, 0.1) is 10.1 Å². The van der Waals surface area contributed by atoms with E-state index in [2.05, 4.69) is 15.9 Å². The average Bonchev–Trinajstić information content (AvgIpc) is 2.93. The van der Waals surface area contributed by atoms with Gasteiger partial charge in [-0.15, -0.1) is 0 Å². The summed E-state index contributed by atoms with van der Waals surface area (Å²) in [5.41, 5.74) is 0.486. The summed E-state index contributed by atoms with van der Waals surface area (Å²) in [6.07, 6.45) is 0. The maximum absolute atomic E-state index is 12.6. The summed E-state index contributed by atoms with van der Waals surface area (Å²) in [5, 5.41) is 31.0. The molecular weight excluding hydrogens is 432 g/mol. The van der Waals surface area contributed by atoms with Crippen molar-refractivity contribution in [2.75, 3.05) is 13.2 Å². The monoisotopic (exact) mass is 446 g/mol. The minimum Gasteiger partial charge on any atom is -0.507 e. The van der Waals surface area contributed by atoms with Crippen LogP contribution in [0.5, 0.6) is 0 Å². The number of halogens is 1. The van der Waals surface area contributed by atoms with E-state index < -0.39 is 22.7 Å². The number of nitro groups is 1. The van der Waals surface area contributed by atoms with E-state index in [-0.39, 0.29) is 30.2 Å². The molecule has 0 radical (unpaired) electrons. The normalized spacial score (nSPS) is 18.5. The number of rotatable bonds is 5. The second-order valence-corrected chi connectivity index (χ2v) is 6.99. The molecule has 1 amide bonds. The van der Waals surface area contributed by atoms with Gasteiger partial charge < -0.3 is 15.1 Å². The zero-order valence-corrected chi connectivity index (χ0v) is 16.0. The first kappa shape index (κ1) is 19.7. The fourth-order valence-corrected chi connectivity index (χ4v) is 3.37. The predicted molar refractivity (Wildman–Crippen MR) is 103 cm³/mol. The van der Waals surface area contributed by atoms with Crippen LogP contribution in [0.3, 0.4) is 0 Å². The topological polar surface area (TPSA) is 121 Å². The van der Waals surface area contributed by atoms with Gasteiger partial charge in [0, 0.05) is 28.7 Å². The minimum atomic E-state index is -0.961. The van der Waals surface area contributed by atoms with Crippen LogP contribution in [-0.4, -0.2) is 44.9 Å². The number of amides is 1. The van der Waals surface area contributed by atoms with Crippen molar-refractivity contribution in [2.24, 2.45) is 0 Å². The molecule has 2 aromatic rings. The van der Waals surface area contributed by atoms with E-state index in [1.165, 1.54) is 24.3 Å². The fraction of sp³-hybridized carbons (Fsp3) is 0.158. The van der Waals surface area contributed by atoms with Crippen molar-refractivity contribution >= 4 is 39.1 Å². The molecule has 0 bridgehead atoms. The summed E-state index contributed by atoms with van der Waals surface area (Å²) in [5.74, 6) is -2.08. The number of carbonyl (C=O) groups is 2. The molecule has 0 spiro atoms. The molecule has 2 N–H and O–H groups in total. The molecule has 144 valence electrons. The molecule has 1 heterocycles. The second kappa shape index (κ2) is 7.91. The van der Waals surface area contributed by atoms with Gasteiger partial charge in [-0.2, -0.15) is 0 Å². The zero-order chi connectivity index (χ0) is 20.4. The summed E-state index contributed by atoms with van der Waals surface area (Å²) >= 11 is 3.29. The first-order chi connectivity index (χ1) is 13.3. The lowest BCUT2D eigenvalue weighted by molar-refractivity contribution is -0.384. The Kier molecular flexibility index (Phi) is 5.57. The average molecular weight is 447 g/mol. The number of Topliss-reactive ketones (excluding diaryl/α,β-unsaturated/α-hetero) is 1. The van der Waals surface area contributed by atoms with E-state index in [0.29, 0.717) is 11.1 Å². The van der Waals surface area contributed by atoms with Gasteiger partial charge in [0.15, 0.2) is 0 Å². The van der Waals surface area contributed by atoms with Gasteiger partial charge in [0.25, 0.3) is 17.4 Å². The number of carbonyl (C=O) groups excluding carboxylic acids is 2. The summed E-state index contributed by atoms with van der Waals surface area (Å²) in [6.45, 7) is -0.502. The molecule has 0 saturated carbocycles. The van der Waals surface area contributed by atoms with Crippen LogP contribution in [0.15, 0.2) is 58.6 Å². The van der Waals surface area contributed by atoms with E-state index in [9.17, 15) is 29.9 Å². The fourth-order valence-electron chi connectivity index (χ4n) is 3.11. The van der Waals surface area contributed by atoms with Crippen LogP contribution < -0.4 is 0 Å². The standard InChI is InChI=1S/C19H15BrN2O6/c20-13-5-1-12(2-6-13)17(24)15-16(21(9-10-23)19(26)18(15)25)11-3-7-14(8-4-11)22(27)28/h1-8,16,23-24H,9-10H2/b17-15+/t16-/m0/s1. The maximum Gasteiger partial charge on any atom is 0.295 e. The second-order valence-electron chi connectivity index (χ2n) is 6.07. The molecule has 1 fully saturated rings. The number of β-amino-alcohol motifs (C(OH)–C–C–N with tert-alkyl or cyclic N) is 1. The third-order valence-corrected chi connectivity index (χ3v) is 4.95. The van der Waals surface area contributed by atoms with Crippen LogP contribution >= 0.6 is 15.9 Å². The number of nitro benzene ring substituents is 1. The molecule has 1 aliphatic heterocycles. The van der Waals surface area contributed by atoms with Crippen LogP contribution in [0.25, 0.3) is 5.76 Å². The quantitative estimate of drug-likeness (QED) is 0.239. The molecule has 2 aromatic carbocycles. The van der Waals surface area contributed by atoms with E-state index in [0.717, 1.165) is 9.37 Å². The number of nitrogens with zero attached hydrogens (tertiary/aromatic N) is 2. The Hall–Kier alpha value is -3.04. The first-order valence-electron chi connectivity index (χ1n) is 8.24. The summed E-state index contributed by atoms with van der Waals surface area (Å²) < 4.78 is 0.775. The molecule has 1 atom stereocenters.